The predicted octanol–water partition coefficient (Wildman–Crippen LogP) is 3.17. The number of cyclic esters (lactones) is 1. The van der Waals surface area contributed by atoms with Gasteiger partial charge in [-0.1, -0.05) is 19.4 Å². The highest BCUT2D eigenvalue weighted by Crippen LogP contribution is 2.54. The number of fused-ring (bicyclic) bond motifs is 2. The van der Waals surface area contributed by atoms with Crippen molar-refractivity contribution in [3.8, 4) is 0 Å². The lowest BCUT2D eigenvalue weighted by atomic mass is 9.72. The van der Waals surface area contributed by atoms with Crippen molar-refractivity contribution in [1.29, 1.82) is 0 Å². The largest absolute Gasteiger partial charge is 0.458 e. The minimum Gasteiger partial charge on any atom is -0.458 e. The molecule has 5 heteroatoms. The van der Waals surface area contributed by atoms with E-state index in [0.29, 0.717) is 11.1 Å². The lowest BCUT2D eigenvalue weighted by molar-refractivity contribution is -0.152. The molecule has 1 fully saturated rings. The second-order valence-corrected chi connectivity index (χ2v) is 7.72. The standard InChI is InChI=1S/C19H22O5/c1-10-7-14(23-17(10)20)22-9-13-12-8-11-5-4-6-19(2,3)15(11)16(12)24-18(13)21/h7,9,12,14,16H,4-6,8H2,1-3H3/b13-9-/t12-,14+,16+/m1/s1. The number of esters is 2. The van der Waals surface area contributed by atoms with Gasteiger partial charge in [-0.15, -0.1) is 0 Å². The van der Waals surface area contributed by atoms with E-state index in [1.165, 1.54) is 23.8 Å². The average molecular weight is 330 g/mol. The van der Waals surface area contributed by atoms with Crippen LogP contribution in [0.25, 0.3) is 0 Å². The van der Waals surface area contributed by atoms with Crippen LogP contribution in [0.4, 0.5) is 0 Å². The molecule has 4 rings (SSSR count). The van der Waals surface area contributed by atoms with Crippen LogP contribution < -0.4 is 0 Å². The molecule has 128 valence electrons. The third-order valence-electron chi connectivity index (χ3n) is 5.64. The zero-order valence-electron chi connectivity index (χ0n) is 14.3. The second kappa shape index (κ2) is 5.23. The molecule has 0 amide bonds. The van der Waals surface area contributed by atoms with E-state index in [1.54, 1.807) is 13.0 Å². The molecule has 0 aromatic heterocycles. The molecule has 1 saturated heterocycles. The molecule has 0 radical (unpaired) electrons. The fraction of sp³-hybridized carbons (Fsp3) is 0.579. The molecule has 3 atom stereocenters. The van der Waals surface area contributed by atoms with Gasteiger partial charge in [-0.05, 0) is 43.6 Å². The van der Waals surface area contributed by atoms with Gasteiger partial charge in [-0.2, -0.15) is 0 Å². The van der Waals surface area contributed by atoms with Crippen molar-refractivity contribution in [1.82, 2.24) is 0 Å². The lowest BCUT2D eigenvalue weighted by Gasteiger charge is -2.34. The van der Waals surface area contributed by atoms with Crippen LogP contribution in [-0.2, 0) is 23.8 Å². The fourth-order valence-electron chi connectivity index (χ4n) is 4.46. The molecule has 2 heterocycles. The van der Waals surface area contributed by atoms with Crippen LogP contribution >= 0.6 is 0 Å². The summed E-state index contributed by atoms with van der Waals surface area (Å²) in [4.78, 5) is 23.7. The van der Waals surface area contributed by atoms with E-state index in [0.717, 1.165) is 19.3 Å². The first-order valence-electron chi connectivity index (χ1n) is 8.55. The van der Waals surface area contributed by atoms with Crippen LogP contribution in [0.2, 0.25) is 0 Å². The molecule has 0 aromatic rings. The Kier molecular flexibility index (Phi) is 3.37. The van der Waals surface area contributed by atoms with Gasteiger partial charge in [0, 0.05) is 17.6 Å². The number of allylic oxidation sites excluding steroid dienone is 1. The summed E-state index contributed by atoms with van der Waals surface area (Å²) in [7, 11) is 0. The maximum Gasteiger partial charge on any atom is 0.338 e. The Hall–Kier alpha value is -2.04. The molecule has 0 spiro atoms. The summed E-state index contributed by atoms with van der Waals surface area (Å²) in [5.74, 6) is -0.671. The molecule has 2 aliphatic carbocycles. The van der Waals surface area contributed by atoms with Gasteiger partial charge in [0.05, 0.1) is 11.8 Å². The van der Waals surface area contributed by atoms with Crippen LogP contribution in [0, 0.1) is 11.3 Å². The Balaban J connectivity index is 1.55. The molecule has 0 unspecified atom stereocenters. The summed E-state index contributed by atoms with van der Waals surface area (Å²) in [6, 6.07) is 0. The number of carbonyl (C=O) groups excluding carboxylic acids is 2. The predicted molar refractivity (Wildman–Crippen MR) is 85.5 cm³/mol. The topological polar surface area (TPSA) is 61.8 Å². The van der Waals surface area contributed by atoms with Crippen LogP contribution in [-0.4, -0.2) is 24.3 Å². The molecular weight excluding hydrogens is 308 g/mol. The highest BCUT2D eigenvalue weighted by molar-refractivity contribution is 5.92. The van der Waals surface area contributed by atoms with Crippen LogP contribution in [0.3, 0.4) is 0 Å². The Morgan fingerprint density at radius 1 is 1.25 bits per heavy atom. The second-order valence-electron chi connectivity index (χ2n) is 7.72. The van der Waals surface area contributed by atoms with Gasteiger partial charge in [0.25, 0.3) is 6.29 Å². The van der Waals surface area contributed by atoms with Gasteiger partial charge in [0.1, 0.15) is 6.10 Å². The summed E-state index contributed by atoms with van der Waals surface area (Å²) in [5, 5.41) is 0. The maximum absolute atomic E-state index is 12.3. The first-order valence-corrected chi connectivity index (χ1v) is 8.55. The van der Waals surface area contributed by atoms with Crippen molar-refractivity contribution in [3.05, 3.63) is 34.6 Å². The Morgan fingerprint density at radius 3 is 2.75 bits per heavy atom. The minimum absolute atomic E-state index is 0.0297. The van der Waals surface area contributed by atoms with Crippen molar-refractivity contribution in [2.24, 2.45) is 11.3 Å². The first-order chi connectivity index (χ1) is 11.4. The van der Waals surface area contributed by atoms with Gasteiger partial charge in [0.15, 0.2) is 0 Å². The van der Waals surface area contributed by atoms with Gasteiger partial charge >= 0.3 is 11.9 Å². The summed E-state index contributed by atoms with van der Waals surface area (Å²) >= 11 is 0. The van der Waals surface area contributed by atoms with Crippen LogP contribution in [0.5, 0.6) is 0 Å². The molecule has 0 saturated carbocycles. The Bertz CT molecular complexity index is 709. The lowest BCUT2D eigenvalue weighted by Crippen LogP contribution is -2.27. The first kappa shape index (κ1) is 15.5. The third kappa shape index (κ3) is 2.29. The fourth-order valence-corrected chi connectivity index (χ4v) is 4.46. The molecule has 4 aliphatic rings. The van der Waals surface area contributed by atoms with E-state index in [1.807, 2.05) is 0 Å². The molecule has 24 heavy (non-hydrogen) atoms. The molecule has 5 nitrogen and oxygen atoms in total. The Labute approximate surface area is 141 Å². The zero-order valence-corrected chi connectivity index (χ0v) is 14.3. The normalized spacial score (nSPS) is 35.5. The zero-order chi connectivity index (χ0) is 17.1. The van der Waals surface area contributed by atoms with Gasteiger partial charge in [-0.25, -0.2) is 9.59 Å². The number of hydrogen-bond donors (Lipinski definition) is 0. The maximum atomic E-state index is 12.3. The van der Waals surface area contributed by atoms with E-state index in [9.17, 15) is 9.59 Å². The van der Waals surface area contributed by atoms with E-state index in [2.05, 4.69) is 13.8 Å². The number of hydrogen-bond acceptors (Lipinski definition) is 5. The molecule has 2 aliphatic heterocycles. The summed E-state index contributed by atoms with van der Waals surface area (Å²) < 4.78 is 16.2. The monoisotopic (exact) mass is 330 g/mol. The van der Waals surface area contributed by atoms with Crippen molar-refractivity contribution in [3.63, 3.8) is 0 Å². The van der Waals surface area contributed by atoms with Crippen LogP contribution in [0.1, 0.15) is 46.5 Å². The molecule has 0 bridgehead atoms. The number of carbonyl (C=O) groups is 2. The van der Waals surface area contributed by atoms with Gasteiger partial charge in [0.2, 0.25) is 0 Å². The van der Waals surface area contributed by atoms with E-state index in [-0.39, 0.29) is 29.4 Å². The van der Waals surface area contributed by atoms with E-state index in [4.69, 9.17) is 14.2 Å². The molecule has 0 N–H and O–H groups in total. The highest BCUT2D eigenvalue weighted by Gasteiger charge is 2.52. The smallest absolute Gasteiger partial charge is 0.338 e. The van der Waals surface area contributed by atoms with E-state index >= 15 is 0 Å². The summed E-state index contributed by atoms with van der Waals surface area (Å²) in [5.41, 5.74) is 3.93. The third-order valence-corrected chi connectivity index (χ3v) is 5.64. The summed E-state index contributed by atoms with van der Waals surface area (Å²) in [6.45, 7) is 6.15. The van der Waals surface area contributed by atoms with Crippen molar-refractivity contribution < 1.29 is 23.8 Å². The number of rotatable bonds is 2. The SMILES string of the molecule is CC1=C[C@@H](O/C=C2\C(=O)O[C@@H]3C4=C(CCCC4(C)C)C[C@H]23)OC1=O. The quantitative estimate of drug-likeness (QED) is 0.337. The van der Waals surface area contributed by atoms with Crippen molar-refractivity contribution in [2.45, 2.75) is 58.8 Å². The molecular formula is C19H22O5. The van der Waals surface area contributed by atoms with E-state index < -0.39 is 6.29 Å². The van der Waals surface area contributed by atoms with Crippen molar-refractivity contribution >= 4 is 11.9 Å². The molecule has 0 aromatic carbocycles. The average Bonchev–Trinajstić information content (AvgIpc) is 3.10. The number of ether oxygens (including phenoxy) is 3. The highest BCUT2D eigenvalue weighted by atomic mass is 16.7. The van der Waals surface area contributed by atoms with Crippen molar-refractivity contribution in [2.75, 3.05) is 0 Å². The Morgan fingerprint density at radius 2 is 2.04 bits per heavy atom. The van der Waals surface area contributed by atoms with Gasteiger partial charge < -0.3 is 14.2 Å². The van der Waals surface area contributed by atoms with Crippen LogP contribution in [0.15, 0.2) is 34.6 Å². The summed E-state index contributed by atoms with van der Waals surface area (Å²) in [6.07, 6.45) is 6.42. The minimum atomic E-state index is -0.753. The van der Waals surface area contributed by atoms with Gasteiger partial charge in [-0.3, -0.25) is 0 Å².